The lowest BCUT2D eigenvalue weighted by atomic mass is 10.1. The van der Waals surface area contributed by atoms with Gasteiger partial charge < -0.3 is 14.9 Å². The van der Waals surface area contributed by atoms with E-state index in [1.54, 1.807) is 13.8 Å². The van der Waals surface area contributed by atoms with Gasteiger partial charge >= 0.3 is 13.6 Å². The number of carbonyl (C=O) groups is 1. The first kappa shape index (κ1) is 12.6. The smallest absolute Gasteiger partial charge is 0.339 e. The first-order chi connectivity index (χ1) is 5.74. The Balaban J connectivity index is 4.14. The van der Waals surface area contributed by atoms with Crippen LogP contribution in [0.1, 0.15) is 13.8 Å². The summed E-state index contributed by atoms with van der Waals surface area (Å²) in [7, 11) is -4.17. The van der Waals surface area contributed by atoms with Gasteiger partial charge in [-0.05, 0) is 5.92 Å². The van der Waals surface area contributed by atoms with E-state index in [9.17, 15) is 9.36 Å². The topological polar surface area (TPSA) is 107 Å². The predicted octanol–water partition coefficient (Wildman–Crippen LogP) is -0.180. The van der Waals surface area contributed by atoms with E-state index in [4.69, 9.17) is 14.9 Å². The number of aliphatic carboxylic acids is 1. The second kappa shape index (κ2) is 4.72. The molecule has 6 nitrogen and oxygen atoms in total. The molecule has 0 heterocycles. The van der Waals surface area contributed by atoms with Crippen molar-refractivity contribution in [3.63, 3.8) is 0 Å². The SMILES string of the molecule is CC(C)[C@H](NCP(=O)(O)O)C(=O)O. The van der Waals surface area contributed by atoms with E-state index in [0.717, 1.165) is 0 Å². The molecule has 0 aromatic carbocycles. The zero-order valence-electron chi connectivity index (χ0n) is 7.47. The third-order valence-electron chi connectivity index (χ3n) is 1.45. The number of carboxylic acids is 1. The fraction of sp³-hybridized carbons (Fsp3) is 0.833. The highest BCUT2D eigenvalue weighted by Gasteiger charge is 2.24. The monoisotopic (exact) mass is 211 g/mol. The summed E-state index contributed by atoms with van der Waals surface area (Å²) in [6.07, 6.45) is -0.609. The second-order valence-electron chi connectivity index (χ2n) is 3.09. The van der Waals surface area contributed by atoms with Gasteiger partial charge in [-0.15, -0.1) is 0 Å². The van der Waals surface area contributed by atoms with Gasteiger partial charge in [-0.2, -0.15) is 0 Å². The molecule has 1 atom stereocenters. The molecule has 7 heteroatoms. The number of hydrogen-bond acceptors (Lipinski definition) is 3. The number of nitrogens with one attached hydrogen (secondary N) is 1. The van der Waals surface area contributed by atoms with Gasteiger partial charge in [-0.3, -0.25) is 14.7 Å². The molecule has 0 rings (SSSR count). The minimum absolute atomic E-state index is 0.218. The molecular formula is C6H14NO5P. The average Bonchev–Trinajstić information content (AvgIpc) is 1.82. The van der Waals surface area contributed by atoms with Crippen molar-refractivity contribution in [1.29, 1.82) is 0 Å². The van der Waals surface area contributed by atoms with Gasteiger partial charge in [0, 0.05) is 0 Å². The van der Waals surface area contributed by atoms with Crippen LogP contribution < -0.4 is 5.32 Å². The first-order valence-corrected chi connectivity index (χ1v) is 5.54. The number of hydrogen-bond donors (Lipinski definition) is 4. The Bertz CT molecular complexity index is 223. The normalized spacial score (nSPS) is 14.5. The molecule has 0 spiro atoms. The molecular weight excluding hydrogens is 197 g/mol. The average molecular weight is 211 g/mol. The lowest BCUT2D eigenvalue weighted by Gasteiger charge is -2.17. The summed E-state index contributed by atoms with van der Waals surface area (Å²) in [6, 6.07) is -0.923. The minimum atomic E-state index is -4.17. The van der Waals surface area contributed by atoms with Crippen LogP contribution in [0.5, 0.6) is 0 Å². The van der Waals surface area contributed by atoms with Gasteiger partial charge in [0.15, 0.2) is 0 Å². The fourth-order valence-corrected chi connectivity index (χ4v) is 1.26. The van der Waals surface area contributed by atoms with Crippen molar-refractivity contribution in [2.45, 2.75) is 19.9 Å². The molecule has 0 aliphatic rings. The van der Waals surface area contributed by atoms with Crippen molar-refractivity contribution in [3.8, 4) is 0 Å². The van der Waals surface area contributed by atoms with Crippen LogP contribution in [0.25, 0.3) is 0 Å². The molecule has 0 amide bonds. The van der Waals surface area contributed by atoms with E-state index in [1.165, 1.54) is 0 Å². The van der Waals surface area contributed by atoms with Crippen molar-refractivity contribution in [3.05, 3.63) is 0 Å². The highest BCUT2D eigenvalue weighted by atomic mass is 31.2. The summed E-state index contributed by atoms with van der Waals surface area (Å²) >= 11 is 0. The van der Waals surface area contributed by atoms with Crippen LogP contribution in [0.2, 0.25) is 0 Å². The largest absolute Gasteiger partial charge is 0.480 e. The van der Waals surface area contributed by atoms with Crippen LogP contribution >= 0.6 is 7.60 Å². The van der Waals surface area contributed by atoms with Crippen LogP contribution in [0.15, 0.2) is 0 Å². The van der Waals surface area contributed by atoms with Crippen LogP contribution in [0, 0.1) is 5.92 Å². The highest BCUT2D eigenvalue weighted by molar-refractivity contribution is 7.51. The summed E-state index contributed by atoms with van der Waals surface area (Å²) in [4.78, 5) is 27.5. The summed E-state index contributed by atoms with van der Waals surface area (Å²) in [5.74, 6) is -1.33. The van der Waals surface area contributed by atoms with Crippen molar-refractivity contribution >= 4 is 13.6 Å². The molecule has 4 N–H and O–H groups in total. The Hall–Kier alpha value is -0.420. The molecule has 0 aliphatic carbocycles. The maximum Gasteiger partial charge on any atom is 0.339 e. The van der Waals surface area contributed by atoms with E-state index in [0.29, 0.717) is 0 Å². The molecule has 0 aromatic rings. The zero-order chi connectivity index (χ0) is 10.6. The third-order valence-corrected chi connectivity index (χ3v) is 2.04. The Morgan fingerprint density at radius 1 is 1.46 bits per heavy atom. The Morgan fingerprint density at radius 2 is 1.92 bits per heavy atom. The van der Waals surface area contributed by atoms with E-state index >= 15 is 0 Å². The van der Waals surface area contributed by atoms with E-state index < -0.39 is 25.9 Å². The Kier molecular flexibility index (Phi) is 4.56. The van der Waals surface area contributed by atoms with Gasteiger partial charge in [0.25, 0.3) is 0 Å². The molecule has 78 valence electrons. The van der Waals surface area contributed by atoms with E-state index in [2.05, 4.69) is 5.32 Å². The maximum atomic E-state index is 10.5. The van der Waals surface area contributed by atoms with Crippen molar-refractivity contribution in [2.75, 3.05) is 6.29 Å². The van der Waals surface area contributed by atoms with E-state index in [-0.39, 0.29) is 5.92 Å². The molecule has 0 aromatic heterocycles. The lowest BCUT2D eigenvalue weighted by molar-refractivity contribution is -0.140. The molecule has 0 saturated heterocycles. The Morgan fingerprint density at radius 3 is 2.15 bits per heavy atom. The number of carboxylic acid groups (broad SMARTS) is 1. The van der Waals surface area contributed by atoms with Crippen LogP contribution in [-0.2, 0) is 9.36 Å². The summed E-state index contributed by atoms with van der Waals surface area (Å²) in [6.45, 7) is 3.32. The van der Waals surface area contributed by atoms with Gasteiger partial charge in [0.2, 0.25) is 0 Å². The lowest BCUT2D eigenvalue weighted by Crippen LogP contribution is -2.41. The molecule has 0 unspecified atom stereocenters. The fourth-order valence-electron chi connectivity index (χ4n) is 0.825. The standard InChI is InChI=1S/C6H14NO5P/c1-4(2)5(6(8)9)7-3-13(10,11)12/h4-5,7H,3H2,1-2H3,(H,8,9)(H2,10,11,12)/t5-/m0/s1. The second-order valence-corrected chi connectivity index (χ2v) is 4.73. The molecule has 13 heavy (non-hydrogen) atoms. The molecule has 0 fully saturated rings. The van der Waals surface area contributed by atoms with Crippen molar-refractivity contribution in [1.82, 2.24) is 5.32 Å². The van der Waals surface area contributed by atoms with Crippen molar-refractivity contribution in [2.24, 2.45) is 5.92 Å². The van der Waals surface area contributed by atoms with Gasteiger partial charge in [0.05, 0.1) is 6.29 Å². The van der Waals surface area contributed by atoms with Crippen LogP contribution in [-0.4, -0.2) is 33.2 Å². The minimum Gasteiger partial charge on any atom is -0.480 e. The molecule has 0 aliphatic heterocycles. The summed E-state index contributed by atoms with van der Waals surface area (Å²) in [5, 5.41) is 10.9. The number of rotatable bonds is 5. The quantitative estimate of drug-likeness (QED) is 0.470. The molecule has 0 saturated carbocycles. The predicted molar refractivity (Wildman–Crippen MR) is 46.3 cm³/mol. The molecule has 0 radical (unpaired) electrons. The first-order valence-electron chi connectivity index (χ1n) is 3.75. The van der Waals surface area contributed by atoms with Crippen LogP contribution in [0.4, 0.5) is 0 Å². The van der Waals surface area contributed by atoms with Gasteiger partial charge in [0.1, 0.15) is 6.04 Å². The third kappa shape index (κ3) is 5.76. The van der Waals surface area contributed by atoms with Crippen LogP contribution in [0.3, 0.4) is 0 Å². The molecule has 0 bridgehead atoms. The highest BCUT2D eigenvalue weighted by Crippen LogP contribution is 2.32. The summed E-state index contributed by atoms with van der Waals surface area (Å²) < 4.78 is 10.4. The zero-order valence-corrected chi connectivity index (χ0v) is 8.36. The van der Waals surface area contributed by atoms with E-state index in [1.807, 2.05) is 0 Å². The summed E-state index contributed by atoms with van der Waals surface area (Å²) in [5.41, 5.74) is 0. The maximum absolute atomic E-state index is 10.5. The van der Waals surface area contributed by atoms with Gasteiger partial charge in [-0.25, -0.2) is 0 Å². The van der Waals surface area contributed by atoms with Gasteiger partial charge in [-0.1, -0.05) is 13.8 Å². The Labute approximate surface area is 76.1 Å². The van der Waals surface area contributed by atoms with Crippen molar-refractivity contribution < 1.29 is 24.3 Å².